The van der Waals surface area contributed by atoms with Crippen molar-refractivity contribution in [3.05, 3.63) is 24.4 Å². The molecule has 1 aromatic heterocycles. The van der Waals surface area contributed by atoms with Crippen LogP contribution in [0.25, 0.3) is 0 Å². The number of rotatable bonds is 7. The second-order valence-electron chi connectivity index (χ2n) is 3.53. The summed E-state index contributed by atoms with van der Waals surface area (Å²) >= 11 is 0. The first-order valence-electron chi connectivity index (χ1n) is 5.59. The Bertz CT molecular complexity index is 339. The van der Waals surface area contributed by atoms with Gasteiger partial charge in [0.1, 0.15) is 0 Å². The Labute approximate surface area is 96.8 Å². The fourth-order valence-corrected chi connectivity index (χ4v) is 1.13. The third kappa shape index (κ3) is 3.88. The quantitative estimate of drug-likeness (QED) is 0.568. The van der Waals surface area contributed by atoms with Gasteiger partial charge >= 0.3 is 0 Å². The Morgan fingerprint density at radius 1 is 1.56 bits per heavy atom. The lowest BCUT2D eigenvalue weighted by atomic mass is 10.4. The zero-order valence-electron chi connectivity index (χ0n) is 9.99. The van der Waals surface area contributed by atoms with Gasteiger partial charge in [-0.1, -0.05) is 13.0 Å². The zero-order valence-corrected chi connectivity index (χ0v) is 9.99. The maximum Gasteiger partial charge on any atom is 0.225 e. The van der Waals surface area contributed by atoms with Gasteiger partial charge in [-0.15, -0.1) is 6.58 Å². The molecule has 0 aliphatic carbocycles. The molecule has 0 radical (unpaired) electrons. The third-order valence-corrected chi connectivity index (χ3v) is 2.02. The van der Waals surface area contributed by atoms with Crippen LogP contribution in [0.5, 0.6) is 5.88 Å². The molecular formula is C12H19N3O. The Morgan fingerprint density at radius 2 is 2.38 bits per heavy atom. The normalized spacial score (nSPS) is 9.88. The van der Waals surface area contributed by atoms with E-state index in [1.807, 2.05) is 13.0 Å². The van der Waals surface area contributed by atoms with Gasteiger partial charge in [0, 0.05) is 18.3 Å². The van der Waals surface area contributed by atoms with E-state index in [2.05, 4.69) is 28.8 Å². The van der Waals surface area contributed by atoms with Crippen molar-refractivity contribution < 1.29 is 4.74 Å². The number of nitrogens with one attached hydrogen (secondary N) is 1. The van der Waals surface area contributed by atoms with Gasteiger partial charge in [0.05, 0.1) is 6.61 Å². The molecule has 0 saturated heterocycles. The van der Waals surface area contributed by atoms with Crippen molar-refractivity contribution in [2.24, 2.45) is 0 Å². The Morgan fingerprint density at radius 3 is 3.06 bits per heavy atom. The molecule has 0 amide bonds. The highest BCUT2D eigenvalue weighted by atomic mass is 16.5. The standard InChI is InChI=1S/C12H19N3O/c1-4-6-8-16-11-10(3)9-14-12(15-11)13-7-5-2/h4,9H,1,5-8H2,2-3H3,(H,13,14,15). The van der Waals surface area contributed by atoms with Gasteiger partial charge in [-0.3, -0.25) is 0 Å². The lowest BCUT2D eigenvalue weighted by Crippen LogP contribution is -2.07. The van der Waals surface area contributed by atoms with Gasteiger partial charge in [-0.25, -0.2) is 4.98 Å². The minimum Gasteiger partial charge on any atom is -0.477 e. The summed E-state index contributed by atoms with van der Waals surface area (Å²) < 4.78 is 5.54. The van der Waals surface area contributed by atoms with Crippen molar-refractivity contribution in [3.8, 4) is 5.88 Å². The summed E-state index contributed by atoms with van der Waals surface area (Å²) in [6, 6.07) is 0. The van der Waals surface area contributed by atoms with Crippen LogP contribution in [0, 0.1) is 6.92 Å². The molecule has 0 atom stereocenters. The van der Waals surface area contributed by atoms with Crippen LogP contribution >= 0.6 is 0 Å². The smallest absolute Gasteiger partial charge is 0.225 e. The first kappa shape index (κ1) is 12.5. The van der Waals surface area contributed by atoms with Gasteiger partial charge in [-0.2, -0.15) is 4.98 Å². The van der Waals surface area contributed by atoms with E-state index in [-0.39, 0.29) is 0 Å². The maximum absolute atomic E-state index is 5.54. The van der Waals surface area contributed by atoms with Crippen molar-refractivity contribution in [2.75, 3.05) is 18.5 Å². The summed E-state index contributed by atoms with van der Waals surface area (Å²) in [7, 11) is 0. The number of aryl methyl sites for hydroxylation is 1. The van der Waals surface area contributed by atoms with Crippen molar-refractivity contribution in [1.82, 2.24) is 9.97 Å². The van der Waals surface area contributed by atoms with Crippen LogP contribution < -0.4 is 10.1 Å². The van der Waals surface area contributed by atoms with E-state index in [0.717, 1.165) is 24.9 Å². The molecule has 0 saturated carbocycles. The summed E-state index contributed by atoms with van der Waals surface area (Å²) in [5, 5.41) is 3.13. The van der Waals surface area contributed by atoms with Gasteiger partial charge in [0.15, 0.2) is 0 Å². The molecule has 0 spiro atoms. The van der Waals surface area contributed by atoms with Crippen LogP contribution in [0.3, 0.4) is 0 Å². The Balaban J connectivity index is 2.62. The summed E-state index contributed by atoms with van der Waals surface area (Å²) in [5.74, 6) is 1.27. The van der Waals surface area contributed by atoms with Gasteiger partial charge in [-0.05, 0) is 19.8 Å². The summed E-state index contributed by atoms with van der Waals surface area (Å²) in [4.78, 5) is 8.49. The molecule has 1 rings (SSSR count). The molecule has 0 unspecified atom stereocenters. The molecular weight excluding hydrogens is 202 g/mol. The highest BCUT2D eigenvalue weighted by Crippen LogP contribution is 2.15. The summed E-state index contributed by atoms with van der Waals surface area (Å²) in [5.41, 5.74) is 0.950. The first-order chi connectivity index (χ1) is 7.77. The van der Waals surface area contributed by atoms with Gasteiger partial charge < -0.3 is 10.1 Å². The monoisotopic (exact) mass is 221 g/mol. The second-order valence-corrected chi connectivity index (χ2v) is 3.53. The van der Waals surface area contributed by atoms with E-state index in [9.17, 15) is 0 Å². The first-order valence-corrected chi connectivity index (χ1v) is 5.59. The number of hydrogen-bond acceptors (Lipinski definition) is 4. The molecule has 0 aliphatic rings. The molecule has 4 nitrogen and oxygen atoms in total. The number of aromatic nitrogens is 2. The topological polar surface area (TPSA) is 47.0 Å². The SMILES string of the molecule is C=CCCOc1nc(NCCC)ncc1C. The molecule has 0 fully saturated rings. The summed E-state index contributed by atoms with van der Waals surface area (Å²) in [6.45, 7) is 9.16. The van der Waals surface area contributed by atoms with Crippen LogP contribution in [-0.2, 0) is 0 Å². The Kier molecular flexibility index (Phi) is 5.32. The van der Waals surface area contributed by atoms with Crippen molar-refractivity contribution >= 4 is 5.95 Å². The molecule has 1 N–H and O–H groups in total. The molecule has 0 aromatic carbocycles. The third-order valence-electron chi connectivity index (χ3n) is 2.02. The van der Waals surface area contributed by atoms with E-state index in [0.29, 0.717) is 18.4 Å². The van der Waals surface area contributed by atoms with Gasteiger partial charge in [0.25, 0.3) is 0 Å². The molecule has 0 aliphatic heterocycles. The predicted molar refractivity (Wildman–Crippen MR) is 65.9 cm³/mol. The zero-order chi connectivity index (χ0) is 11.8. The minimum absolute atomic E-state index is 0.606. The maximum atomic E-state index is 5.54. The van der Waals surface area contributed by atoms with Crippen molar-refractivity contribution in [3.63, 3.8) is 0 Å². The van der Waals surface area contributed by atoms with E-state index in [1.165, 1.54) is 0 Å². The minimum atomic E-state index is 0.606. The largest absolute Gasteiger partial charge is 0.477 e. The average Bonchev–Trinajstić information content (AvgIpc) is 2.30. The number of hydrogen-bond donors (Lipinski definition) is 1. The average molecular weight is 221 g/mol. The fourth-order valence-electron chi connectivity index (χ4n) is 1.13. The molecule has 1 aromatic rings. The predicted octanol–water partition coefficient (Wildman–Crippen LogP) is 2.56. The fraction of sp³-hybridized carbons (Fsp3) is 0.500. The van der Waals surface area contributed by atoms with Crippen LogP contribution in [0.2, 0.25) is 0 Å². The second kappa shape index (κ2) is 6.82. The Hall–Kier alpha value is -1.58. The van der Waals surface area contributed by atoms with Crippen LogP contribution in [0.15, 0.2) is 18.9 Å². The van der Waals surface area contributed by atoms with Crippen molar-refractivity contribution in [2.45, 2.75) is 26.7 Å². The molecule has 16 heavy (non-hydrogen) atoms. The highest BCUT2D eigenvalue weighted by Gasteiger charge is 2.03. The summed E-state index contributed by atoms with van der Waals surface area (Å²) in [6.07, 6.45) is 5.46. The molecule has 0 bridgehead atoms. The van der Waals surface area contributed by atoms with Crippen LogP contribution in [0.4, 0.5) is 5.95 Å². The van der Waals surface area contributed by atoms with E-state index < -0.39 is 0 Å². The number of anilines is 1. The van der Waals surface area contributed by atoms with Crippen molar-refractivity contribution in [1.29, 1.82) is 0 Å². The van der Waals surface area contributed by atoms with Crippen LogP contribution in [0.1, 0.15) is 25.3 Å². The highest BCUT2D eigenvalue weighted by molar-refractivity contribution is 5.32. The molecule has 1 heterocycles. The van der Waals surface area contributed by atoms with E-state index in [4.69, 9.17) is 4.74 Å². The van der Waals surface area contributed by atoms with Crippen LogP contribution in [-0.4, -0.2) is 23.1 Å². The lowest BCUT2D eigenvalue weighted by Gasteiger charge is -2.09. The number of nitrogens with zero attached hydrogens (tertiary/aromatic N) is 2. The molecule has 4 heteroatoms. The number of ether oxygens (including phenoxy) is 1. The van der Waals surface area contributed by atoms with E-state index >= 15 is 0 Å². The van der Waals surface area contributed by atoms with Gasteiger partial charge in [0.2, 0.25) is 11.8 Å². The lowest BCUT2D eigenvalue weighted by molar-refractivity contribution is 0.310. The van der Waals surface area contributed by atoms with E-state index in [1.54, 1.807) is 6.20 Å². The molecule has 88 valence electrons.